The van der Waals surface area contributed by atoms with E-state index in [1.807, 2.05) is 18.7 Å². The van der Waals surface area contributed by atoms with E-state index in [1.165, 1.54) is 12.1 Å². The minimum absolute atomic E-state index is 0.0187. The van der Waals surface area contributed by atoms with Gasteiger partial charge in [-0.1, -0.05) is 19.9 Å². The molecule has 0 amide bonds. The quantitative estimate of drug-likeness (QED) is 0.757. The van der Waals surface area contributed by atoms with Gasteiger partial charge in [0.2, 0.25) is 0 Å². The van der Waals surface area contributed by atoms with E-state index in [-0.39, 0.29) is 24.3 Å². The van der Waals surface area contributed by atoms with Crippen molar-refractivity contribution in [3.63, 3.8) is 0 Å². The van der Waals surface area contributed by atoms with Gasteiger partial charge in [-0.15, -0.1) is 13.2 Å². The molecule has 2 aromatic rings. The number of halogens is 3. The number of aliphatic hydroxyl groups is 1. The monoisotopic (exact) mass is 410 g/mol. The maximum Gasteiger partial charge on any atom is 0.573 e. The van der Waals surface area contributed by atoms with Gasteiger partial charge in [-0.25, -0.2) is 9.97 Å². The summed E-state index contributed by atoms with van der Waals surface area (Å²) < 4.78 is 41.6. The van der Waals surface area contributed by atoms with Crippen molar-refractivity contribution >= 4 is 11.6 Å². The summed E-state index contributed by atoms with van der Waals surface area (Å²) in [6.07, 6.45) is -4.02. The Labute approximate surface area is 167 Å². The summed E-state index contributed by atoms with van der Waals surface area (Å²) >= 11 is 0. The van der Waals surface area contributed by atoms with Gasteiger partial charge in [0, 0.05) is 19.2 Å². The van der Waals surface area contributed by atoms with Crippen molar-refractivity contribution in [1.82, 2.24) is 9.97 Å². The van der Waals surface area contributed by atoms with E-state index in [0.717, 1.165) is 11.1 Å². The number of aliphatic hydroxyl groups excluding tert-OH is 1. The van der Waals surface area contributed by atoms with Crippen molar-refractivity contribution in [3.8, 4) is 5.75 Å². The minimum atomic E-state index is -4.72. The van der Waals surface area contributed by atoms with Crippen molar-refractivity contribution in [2.24, 2.45) is 5.92 Å². The maximum absolute atomic E-state index is 12.5. The van der Waals surface area contributed by atoms with Crippen LogP contribution in [0.2, 0.25) is 0 Å². The Morgan fingerprint density at radius 2 is 1.97 bits per heavy atom. The molecule has 3 rings (SSSR count). The second-order valence-corrected chi connectivity index (χ2v) is 7.49. The Hall–Kier alpha value is -2.55. The number of rotatable bonds is 6. The standard InChI is InChI=1S/C20H25F3N4O2/c1-12(2)17(11-28)26-18-9-19(25-13(3)24-18)27-7-6-14-4-5-16(8-15(14)10-27)29-20(21,22)23/h4-5,8-9,12,17,28H,6-7,10-11H2,1-3H3,(H,24,25,26)/t17-/m0/s1. The first-order chi connectivity index (χ1) is 13.6. The minimum Gasteiger partial charge on any atom is -0.406 e. The van der Waals surface area contributed by atoms with E-state index < -0.39 is 6.36 Å². The van der Waals surface area contributed by atoms with E-state index in [1.54, 1.807) is 19.1 Å². The van der Waals surface area contributed by atoms with Crippen LogP contribution in [-0.2, 0) is 13.0 Å². The van der Waals surface area contributed by atoms with Crippen molar-refractivity contribution in [2.75, 3.05) is 23.4 Å². The van der Waals surface area contributed by atoms with Gasteiger partial charge < -0.3 is 20.1 Å². The summed E-state index contributed by atoms with van der Waals surface area (Å²) in [5.74, 6) is 1.87. The zero-order valence-electron chi connectivity index (χ0n) is 16.6. The molecule has 1 aromatic heterocycles. The largest absolute Gasteiger partial charge is 0.573 e. The summed E-state index contributed by atoms with van der Waals surface area (Å²) in [6, 6.07) is 6.13. The molecule has 1 atom stereocenters. The maximum atomic E-state index is 12.5. The van der Waals surface area contributed by atoms with Crippen LogP contribution in [0.4, 0.5) is 24.8 Å². The van der Waals surface area contributed by atoms with Gasteiger partial charge in [-0.3, -0.25) is 0 Å². The number of aryl methyl sites for hydroxylation is 1. The normalized spacial score (nSPS) is 15.2. The highest BCUT2D eigenvalue weighted by Crippen LogP contribution is 2.30. The Balaban J connectivity index is 1.81. The highest BCUT2D eigenvalue weighted by Gasteiger charge is 2.31. The lowest BCUT2D eigenvalue weighted by Crippen LogP contribution is -2.32. The molecular weight excluding hydrogens is 385 g/mol. The van der Waals surface area contributed by atoms with E-state index in [2.05, 4.69) is 20.0 Å². The number of nitrogens with one attached hydrogen (secondary N) is 1. The third-order valence-corrected chi connectivity index (χ3v) is 4.91. The zero-order chi connectivity index (χ0) is 21.2. The number of nitrogens with zero attached hydrogens (tertiary/aromatic N) is 3. The number of aromatic nitrogens is 2. The molecule has 2 heterocycles. The molecule has 0 unspecified atom stereocenters. The average molecular weight is 410 g/mol. The Morgan fingerprint density at radius 1 is 1.21 bits per heavy atom. The van der Waals surface area contributed by atoms with Gasteiger partial charge >= 0.3 is 6.36 Å². The van der Waals surface area contributed by atoms with E-state index >= 15 is 0 Å². The molecule has 6 nitrogen and oxygen atoms in total. The summed E-state index contributed by atoms with van der Waals surface area (Å²) in [6.45, 7) is 6.89. The highest BCUT2D eigenvalue weighted by molar-refractivity contribution is 5.52. The molecule has 9 heteroatoms. The van der Waals surface area contributed by atoms with E-state index in [9.17, 15) is 18.3 Å². The summed E-state index contributed by atoms with van der Waals surface area (Å²) in [5, 5.41) is 12.8. The molecule has 0 saturated heterocycles. The second-order valence-electron chi connectivity index (χ2n) is 7.49. The SMILES string of the molecule is Cc1nc(N[C@@H](CO)C(C)C)cc(N2CCc3ccc(OC(F)(F)F)cc3C2)n1. The van der Waals surface area contributed by atoms with Crippen LogP contribution in [0.3, 0.4) is 0 Å². The second kappa shape index (κ2) is 8.44. The van der Waals surface area contributed by atoms with Crippen LogP contribution < -0.4 is 15.0 Å². The van der Waals surface area contributed by atoms with E-state index in [4.69, 9.17) is 0 Å². The average Bonchev–Trinajstić information content (AvgIpc) is 2.63. The fourth-order valence-electron chi connectivity index (χ4n) is 3.33. The fourth-order valence-corrected chi connectivity index (χ4v) is 3.33. The molecule has 0 spiro atoms. The first kappa shape index (κ1) is 21.2. The van der Waals surface area contributed by atoms with Gasteiger partial charge in [-0.05, 0) is 42.5 Å². The van der Waals surface area contributed by atoms with Crippen LogP contribution in [0.5, 0.6) is 5.75 Å². The number of anilines is 2. The van der Waals surface area contributed by atoms with Gasteiger partial charge in [0.15, 0.2) is 0 Å². The molecule has 0 radical (unpaired) electrons. The molecule has 1 aromatic carbocycles. The third kappa shape index (κ3) is 5.50. The first-order valence-corrected chi connectivity index (χ1v) is 9.50. The van der Waals surface area contributed by atoms with Gasteiger partial charge in [0.25, 0.3) is 0 Å². The smallest absolute Gasteiger partial charge is 0.406 e. The van der Waals surface area contributed by atoms with Crippen molar-refractivity contribution < 1.29 is 23.0 Å². The molecular formula is C20H25F3N4O2. The fraction of sp³-hybridized carbons (Fsp3) is 0.500. The number of hydrogen-bond donors (Lipinski definition) is 2. The van der Waals surface area contributed by atoms with Crippen molar-refractivity contribution in [1.29, 1.82) is 0 Å². The molecule has 0 saturated carbocycles. The number of fused-ring (bicyclic) bond motifs is 1. The Morgan fingerprint density at radius 3 is 2.62 bits per heavy atom. The lowest BCUT2D eigenvalue weighted by molar-refractivity contribution is -0.274. The molecule has 0 fully saturated rings. The Bertz CT molecular complexity index is 858. The van der Waals surface area contributed by atoms with Crippen molar-refractivity contribution in [3.05, 3.63) is 41.2 Å². The highest BCUT2D eigenvalue weighted by atomic mass is 19.4. The predicted octanol–water partition coefficient (Wildman–Crippen LogP) is 3.68. The number of hydrogen-bond acceptors (Lipinski definition) is 6. The molecule has 158 valence electrons. The van der Waals surface area contributed by atoms with Crippen LogP contribution in [0.25, 0.3) is 0 Å². The zero-order valence-corrected chi connectivity index (χ0v) is 16.6. The summed E-state index contributed by atoms with van der Waals surface area (Å²) in [4.78, 5) is 10.9. The van der Waals surface area contributed by atoms with Gasteiger partial charge in [0.1, 0.15) is 23.2 Å². The number of benzene rings is 1. The number of alkyl halides is 3. The lowest BCUT2D eigenvalue weighted by atomic mass is 9.99. The summed E-state index contributed by atoms with van der Waals surface area (Å²) in [5.41, 5.74) is 1.78. The molecule has 0 aliphatic carbocycles. The molecule has 1 aliphatic rings. The van der Waals surface area contributed by atoms with Crippen molar-refractivity contribution in [2.45, 2.75) is 46.1 Å². The molecule has 0 bridgehead atoms. The van der Waals surface area contributed by atoms with Crippen LogP contribution >= 0.6 is 0 Å². The topological polar surface area (TPSA) is 70.5 Å². The first-order valence-electron chi connectivity index (χ1n) is 9.50. The molecule has 29 heavy (non-hydrogen) atoms. The van der Waals surface area contributed by atoms with Crippen LogP contribution in [-0.4, -0.2) is 40.6 Å². The number of ether oxygens (including phenoxy) is 1. The molecule has 1 aliphatic heterocycles. The lowest BCUT2D eigenvalue weighted by Gasteiger charge is -2.31. The van der Waals surface area contributed by atoms with E-state index in [0.29, 0.717) is 37.0 Å². The Kier molecular flexibility index (Phi) is 6.16. The third-order valence-electron chi connectivity index (χ3n) is 4.91. The van der Waals surface area contributed by atoms with Crippen LogP contribution in [0.15, 0.2) is 24.3 Å². The molecule has 2 N–H and O–H groups in total. The van der Waals surface area contributed by atoms with Crippen LogP contribution in [0.1, 0.15) is 30.8 Å². The summed E-state index contributed by atoms with van der Waals surface area (Å²) in [7, 11) is 0. The van der Waals surface area contributed by atoms with Crippen LogP contribution in [0, 0.1) is 12.8 Å². The van der Waals surface area contributed by atoms with Gasteiger partial charge in [-0.2, -0.15) is 0 Å². The predicted molar refractivity (Wildman–Crippen MR) is 104 cm³/mol. The van der Waals surface area contributed by atoms with Gasteiger partial charge in [0.05, 0.1) is 12.6 Å².